The number of aliphatic hydroxyl groups is 2. The van der Waals surface area contributed by atoms with Crippen LogP contribution in [0.1, 0.15) is 65.1 Å². The Balaban J connectivity index is 0.000000271. The van der Waals surface area contributed by atoms with Gasteiger partial charge in [-0.2, -0.15) is 8.61 Å². The summed E-state index contributed by atoms with van der Waals surface area (Å²) >= 11 is 0. The lowest BCUT2D eigenvalue weighted by molar-refractivity contribution is 0.0772. The van der Waals surface area contributed by atoms with Gasteiger partial charge in [-0.05, 0) is 115 Å². The molecule has 0 saturated carbocycles. The van der Waals surface area contributed by atoms with E-state index < -0.39 is 44.3 Å². The number of hydrogen-bond acceptors (Lipinski definition) is 10. The fourth-order valence-electron chi connectivity index (χ4n) is 8.04. The first-order valence-electron chi connectivity index (χ1n) is 24.3. The quantitative estimate of drug-likeness (QED) is 0.0465. The number of sulfonamides is 2. The first kappa shape index (κ1) is 57.5. The molecule has 16 heteroatoms. The van der Waals surface area contributed by atoms with Gasteiger partial charge in [-0.3, -0.25) is 9.59 Å². The molecule has 0 bridgehead atoms. The lowest BCUT2D eigenvalue weighted by Gasteiger charge is -2.31. The minimum atomic E-state index is -3.90. The number of nitrogens with zero attached hydrogens (tertiary/aromatic N) is 2. The summed E-state index contributed by atoms with van der Waals surface area (Å²) in [6.45, 7) is 9.63. The highest BCUT2D eigenvalue weighted by molar-refractivity contribution is 7.89. The van der Waals surface area contributed by atoms with E-state index in [9.17, 15) is 36.6 Å². The molecule has 73 heavy (non-hydrogen) atoms. The van der Waals surface area contributed by atoms with Crippen LogP contribution < -0.4 is 20.1 Å². The average Bonchev–Trinajstić information content (AvgIpc) is 3.38. The average molecular weight is 1040 g/mol. The summed E-state index contributed by atoms with van der Waals surface area (Å²) in [7, 11) is -4.77. The summed E-state index contributed by atoms with van der Waals surface area (Å²) in [6.07, 6.45) is -1.61. The molecule has 0 aliphatic heterocycles. The summed E-state index contributed by atoms with van der Waals surface area (Å²) in [5.74, 6) is 0.508. The van der Waals surface area contributed by atoms with E-state index >= 15 is 0 Å². The van der Waals surface area contributed by atoms with Crippen LogP contribution in [0.4, 0.5) is 0 Å². The largest absolute Gasteiger partial charge is 0.497 e. The highest BCUT2D eigenvalue weighted by Crippen LogP contribution is 2.24. The number of carbonyl (C=O) groups is 2. The number of nitrogens with one attached hydrogen (secondary N) is 2. The van der Waals surface area contributed by atoms with Crippen LogP contribution in [-0.4, -0.2) is 112 Å². The van der Waals surface area contributed by atoms with Crippen LogP contribution in [0.25, 0.3) is 0 Å². The number of methoxy groups -OCH3 is 2. The molecule has 6 aromatic rings. The van der Waals surface area contributed by atoms with Crippen molar-refractivity contribution in [1.82, 2.24) is 19.2 Å². The normalized spacial score (nSPS) is 13.4. The van der Waals surface area contributed by atoms with Gasteiger partial charge in [0.05, 0.1) is 48.3 Å². The van der Waals surface area contributed by atoms with E-state index in [0.29, 0.717) is 35.5 Å². The Bertz CT molecular complexity index is 2860. The van der Waals surface area contributed by atoms with Crippen molar-refractivity contribution in [3.05, 3.63) is 192 Å². The van der Waals surface area contributed by atoms with Gasteiger partial charge >= 0.3 is 0 Å². The maximum Gasteiger partial charge on any atom is 0.251 e. The molecule has 0 aliphatic rings. The number of rotatable bonds is 24. The van der Waals surface area contributed by atoms with Gasteiger partial charge in [0.25, 0.3) is 11.8 Å². The minimum absolute atomic E-state index is 0.0226. The third-order valence-corrected chi connectivity index (χ3v) is 15.6. The maximum atomic E-state index is 13.6. The van der Waals surface area contributed by atoms with E-state index in [2.05, 4.69) is 10.6 Å². The Morgan fingerprint density at radius 2 is 0.849 bits per heavy atom. The fraction of sp³-hybridized carbons (Fsp3) is 0.333. The second-order valence-corrected chi connectivity index (χ2v) is 22.5. The molecule has 0 aromatic heterocycles. The standard InChI is InChI=1S/C29H36N2O5S.C28H34N2O5S/c1-21(2)19-31(37(34,35)25-16-14-24(36-4)15-17-25)20-28(32)27(18-23-11-6-5-7-12-23)30-29(33)26-13-9-8-10-22(26)3;1-21(2)19-30(36(33,34)25-16-14-24(35-3)15-17-25)20-27(31)26(18-22-10-6-4-7-11-22)29-28(32)23-12-8-5-9-13-23/h5-17,21,27-28,32H,18-20H2,1-4H3,(H,30,33);4-17,21,26-27,31H,18-20H2,1-3H3,(H,29,32)/t27-,28+;26-,27+/m00/s1. The van der Waals surface area contributed by atoms with Crippen LogP contribution in [0.15, 0.2) is 174 Å². The minimum Gasteiger partial charge on any atom is -0.497 e. The highest BCUT2D eigenvalue weighted by Gasteiger charge is 2.33. The molecule has 0 radical (unpaired) electrons. The van der Waals surface area contributed by atoms with Crippen molar-refractivity contribution in [2.24, 2.45) is 11.8 Å². The molecule has 2 amide bonds. The van der Waals surface area contributed by atoms with Crippen molar-refractivity contribution in [1.29, 1.82) is 0 Å². The summed E-state index contributed by atoms with van der Waals surface area (Å²) in [6, 6.07) is 45.9. The first-order chi connectivity index (χ1) is 34.8. The Kier molecular flexibility index (Phi) is 21.7. The highest BCUT2D eigenvalue weighted by atomic mass is 32.2. The van der Waals surface area contributed by atoms with Crippen LogP contribution in [0.2, 0.25) is 0 Å². The lowest BCUT2D eigenvalue weighted by atomic mass is 9.99. The van der Waals surface area contributed by atoms with Gasteiger partial charge in [-0.15, -0.1) is 0 Å². The van der Waals surface area contributed by atoms with Gasteiger partial charge in [0, 0.05) is 37.3 Å². The Labute approximate surface area is 432 Å². The van der Waals surface area contributed by atoms with Crippen LogP contribution in [0, 0.1) is 18.8 Å². The van der Waals surface area contributed by atoms with E-state index in [0.717, 1.165) is 16.7 Å². The Morgan fingerprint density at radius 1 is 0.493 bits per heavy atom. The van der Waals surface area contributed by atoms with Gasteiger partial charge in [0.15, 0.2) is 0 Å². The van der Waals surface area contributed by atoms with Gasteiger partial charge in [0.2, 0.25) is 20.0 Å². The zero-order valence-electron chi connectivity index (χ0n) is 42.7. The van der Waals surface area contributed by atoms with Crippen molar-refractivity contribution in [3.63, 3.8) is 0 Å². The van der Waals surface area contributed by atoms with Gasteiger partial charge < -0.3 is 30.3 Å². The number of aryl methyl sites for hydroxylation is 1. The molecule has 0 heterocycles. The molecule has 0 fully saturated rings. The SMILES string of the molecule is COc1ccc(S(=O)(=O)N(CC(C)C)C[C@@H](O)[C@H](Cc2ccccc2)NC(=O)c2ccccc2)cc1.COc1ccc(S(=O)(=O)N(CC(C)C)C[C@@H](O)[C@H](Cc2ccccc2)NC(=O)c2ccccc2C)cc1. The molecule has 0 unspecified atom stereocenters. The zero-order valence-corrected chi connectivity index (χ0v) is 44.3. The molecule has 390 valence electrons. The predicted octanol–water partition coefficient (Wildman–Crippen LogP) is 7.80. The molecular weight excluding hydrogens is 965 g/mol. The zero-order chi connectivity index (χ0) is 53.1. The van der Waals surface area contributed by atoms with Crippen molar-refractivity contribution < 1.29 is 46.1 Å². The van der Waals surface area contributed by atoms with E-state index in [4.69, 9.17) is 9.47 Å². The van der Waals surface area contributed by atoms with Crippen molar-refractivity contribution >= 4 is 31.9 Å². The first-order valence-corrected chi connectivity index (χ1v) is 27.1. The van der Waals surface area contributed by atoms with E-state index in [1.54, 1.807) is 60.7 Å². The summed E-state index contributed by atoms with van der Waals surface area (Å²) in [5.41, 5.74) is 3.63. The van der Waals surface area contributed by atoms with Gasteiger partial charge in [-0.25, -0.2) is 16.8 Å². The molecule has 0 saturated heterocycles. The fourth-order valence-corrected chi connectivity index (χ4v) is 11.3. The van der Waals surface area contributed by atoms with Gasteiger partial charge in [-0.1, -0.05) is 125 Å². The monoisotopic (exact) mass is 1030 g/mol. The molecular formula is C57H70N4O10S2. The topological polar surface area (TPSA) is 192 Å². The van der Waals surface area contributed by atoms with E-state index in [1.165, 1.54) is 47.1 Å². The molecule has 14 nitrogen and oxygen atoms in total. The number of benzene rings is 6. The molecule has 6 aromatic carbocycles. The Morgan fingerprint density at radius 3 is 1.22 bits per heavy atom. The maximum absolute atomic E-state index is 13.6. The predicted molar refractivity (Wildman–Crippen MR) is 286 cm³/mol. The molecule has 4 atom stereocenters. The third-order valence-electron chi connectivity index (χ3n) is 11.9. The lowest BCUT2D eigenvalue weighted by Crippen LogP contribution is -2.51. The number of amides is 2. The summed E-state index contributed by atoms with van der Waals surface area (Å²) in [4.78, 5) is 26.3. The second kappa shape index (κ2) is 27.6. The van der Waals surface area contributed by atoms with Crippen molar-refractivity contribution in [2.45, 2.75) is 81.5 Å². The number of aliphatic hydroxyl groups excluding tert-OH is 2. The summed E-state index contributed by atoms with van der Waals surface area (Å²) in [5, 5.41) is 28.6. The van der Waals surface area contributed by atoms with Crippen LogP contribution in [-0.2, 0) is 32.9 Å². The van der Waals surface area contributed by atoms with Crippen LogP contribution in [0.5, 0.6) is 11.5 Å². The summed E-state index contributed by atoms with van der Waals surface area (Å²) < 4.78 is 67.0. The molecule has 0 aliphatic carbocycles. The Hall–Kier alpha value is -6.40. The van der Waals surface area contributed by atoms with E-state index in [1.807, 2.05) is 113 Å². The van der Waals surface area contributed by atoms with Crippen LogP contribution in [0.3, 0.4) is 0 Å². The van der Waals surface area contributed by atoms with Gasteiger partial charge in [0.1, 0.15) is 11.5 Å². The molecule has 6 rings (SSSR count). The number of carbonyl (C=O) groups excluding carboxylic acids is 2. The third kappa shape index (κ3) is 17.1. The molecule has 0 spiro atoms. The van der Waals surface area contributed by atoms with Crippen molar-refractivity contribution in [3.8, 4) is 11.5 Å². The van der Waals surface area contributed by atoms with E-state index in [-0.39, 0.29) is 59.6 Å². The van der Waals surface area contributed by atoms with Crippen LogP contribution >= 0.6 is 0 Å². The molecule has 4 N–H and O–H groups in total. The van der Waals surface area contributed by atoms with Crippen molar-refractivity contribution in [2.75, 3.05) is 40.4 Å². The second-order valence-electron chi connectivity index (χ2n) is 18.6. The number of ether oxygens (including phenoxy) is 2. The smallest absolute Gasteiger partial charge is 0.251 e. The number of hydrogen-bond donors (Lipinski definition) is 4.